The van der Waals surface area contributed by atoms with Gasteiger partial charge in [-0.15, -0.1) is 0 Å². The molecule has 176 valence electrons. The SMILES string of the molecule is Cn1nc(NS(=O)(=O)c2ccccc2Cl)cc1-c1ccc2nc(NC3CCCCC3)ncc2c1. The highest BCUT2D eigenvalue weighted by molar-refractivity contribution is 7.92. The second kappa shape index (κ2) is 9.23. The molecule has 8 nitrogen and oxygen atoms in total. The standard InChI is InChI=1S/C24H25ClN6O2S/c1-31-21(14-23(29-31)30-34(32,33)22-10-6-5-9-19(22)25)16-11-12-20-17(13-16)15-26-24(28-20)27-18-7-3-2-4-8-18/h5-6,9-15,18H,2-4,7-8H2,1H3,(H,29,30)(H,26,27,28). The molecular formula is C24H25ClN6O2S. The molecule has 2 aromatic heterocycles. The van der Waals surface area contributed by atoms with Gasteiger partial charge >= 0.3 is 0 Å². The molecule has 0 spiro atoms. The molecule has 0 amide bonds. The van der Waals surface area contributed by atoms with E-state index in [4.69, 9.17) is 11.6 Å². The molecule has 1 saturated carbocycles. The van der Waals surface area contributed by atoms with E-state index in [-0.39, 0.29) is 15.7 Å². The van der Waals surface area contributed by atoms with E-state index in [1.807, 2.05) is 24.4 Å². The van der Waals surface area contributed by atoms with Crippen LogP contribution in [-0.2, 0) is 17.1 Å². The Morgan fingerprint density at radius 1 is 1.06 bits per heavy atom. The van der Waals surface area contributed by atoms with Crippen molar-refractivity contribution in [3.05, 3.63) is 59.8 Å². The fourth-order valence-electron chi connectivity index (χ4n) is 4.33. The molecule has 0 aliphatic heterocycles. The van der Waals surface area contributed by atoms with Crippen LogP contribution in [0.2, 0.25) is 5.02 Å². The van der Waals surface area contributed by atoms with E-state index in [1.54, 1.807) is 29.9 Å². The summed E-state index contributed by atoms with van der Waals surface area (Å²) < 4.78 is 29.7. The average Bonchev–Trinajstić information content (AvgIpc) is 3.18. The van der Waals surface area contributed by atoms with Crippen molar-refractivity contribution < 1.29 is 8.42 Å². The number of nitrogens with one attached hydrogen (secondary N) is 2. The fraction of sp³-hybridized carbons (Fsp3) is 0.292. The third kappa shape index (κ3) is 4.71. The first-order valence-corrected chi connectivity index (χ1v) is 13.1. The molecule has 0 saturated heterocycles. The Labute approximate surface area is 203 Å². The lowest BCUT2D eigenvalue weighted by molar-refractivity contribution is 0.461. The van der Waals surface area contributed by atoms with Crippen LogP contribution in [0.3, 0.4) is 0 Å². The topological polar surface area (TPSA) is 102 Å². The molecule has 2 aromatic carbocycles. The van der Waals surface area contributed by atoms with Crippen molar-refractivity contribution in [1.82, 2.24) is 19.7 Å². The molecule has 1 fully saturated rings. The molecule has 1 aliphatic rings. The van der Waals surface area contributed by atoms with Crippen LogP contribution in [0.25, 0.3) is 22.2 Å². The molecule has 2 heterocycles. The van der Waals surface area contributed by atoms with Gasteiger partial charge in [0.2, 0.25) is 5.95 Å². The first-order valence-electron chi connectivity index (χ1n) is 11.2. The molecule has 2 N–H and O–H groups in total. The maximum Gasteiger partial charge on any atom is 0.264 e. The molecule has 0 atom stereocenters. The summed E-state index contributed by atoms with van der Waals surface area (Å²) in [5.74, 6) is 0.866. The third-order valence-corrected chi connectivity index (χ3v) is 7.91. The quantitative estimate of drug-likeness (QED) is 0.379. The number of halogens is 1. The lowest BCUT2D eigenvalue weighted by atomic mass is 9.96. The predicted molar refractivity (Wildman–Crippen MR) is 134 cm³/mol. The predicted octanol–water partition coefficient (Wildman–Crippen LogP) is 5.23. The van der Waals surface area contributed by atoms with Gasteiger partial charge in [0.05, 0.1) is 16.2 Å². The Morgan fingerprint density at radius 3 is 2.65 bits per heavy atom. The van der Waals surface area contributed by atoms with Gasteiger partial charge in [0.1, 0.15) is 4.90 Å². The Hall–Kier alpha value is -3.17. The van der Waals surface area contributed by atoms with Crippen LogP contribution < -0.4 is 10.0 Å². The number of sulfonamides is 1. The number of hydrogen-bond acceptors (Lipinski definition) is 6. The first kappa shape index (κ1) is 22.6. The van der Waals surface area contributed by atoms with Gasteiger partial charge in [-0.3, -0.25) is 9.40 Å². The normalized spacial score (nSPS) is 14.9. The van der Waals surface area contributed by atoms with Crippen molar-refractivity contribution >= 4 is 44.3 Å². The molecule has 34 heavy (non-hydrogen) atoms. The lowest BCUT2D eigenvalue weighted by Gasteiger charge is -2.22. The van der Waals surface area contributed by atoms with E-state index in [0.29, 0.717) is 12.0 Å². The van der Waals surface area contributed by atoms with Crippen LogP contribution in [0.4, 0.5) is 11.8 Å². The molecular weight excluding hydrogens is 472 g/mol. The maximum absolute atomic E-state index is 12.8. The van der Waals surface area contributed by atoms with Crippen molar-refractivity contribution in [2.75, 3.05) is 10.0 Å². The van der Waals surface area contributed by atoms with Crippen molar-refractivity contribution in [2.24, 2.45) is 7.05 Å². The molecule has 5 rings (SSSR count). The number of nitrogens with zero attached hydrogens (tertiary/aromatic N) is 4. The summed E-state index contributed by atoms with van der Waals surface area (Å²) in [4.78, 5) is 9.18. The van der Waals surface area contributed by atoms with E-state index in [2.05, 4.69) is 25.1 Å². The number of anilines is 2. The number of fused-ring (bicyclic) bond motifs is 1. The van der Waals surface area contributed by atoms with Crippen molar-refractivity contribution in [2.45, 2.75) is 43.0 Å². The van der Waals surface area contributed by atoms with Gasteiger partial charge in [-0.05, 0) is 37.1 Å². The summed E-state index contributed by atoms with van der Waals surface area (Å²) in [6.07, 6.45) is 7.92. The Kier molecular flexibility index (Phi) is 6.14. The van der Waals surface area contributed by atoms with Crippen LogP contribution in [0, 0.1) is 0 Å². The van der Waals surface area contributed by atoms with E-state index in [0.717, 1.165) is 35.0 Å². The molecule has 0 bridgehead atoms. The largest absolute Gasteiger partial charge is 0.351 e. The van der Waals surface area contributed by atoms with Crippen LogP contribution in [0.1, 0.15) is 32.1 Å². The number of hydrogen-bond donors (Lipinski definition) is 2. The van der Waals surface area contributed by atoms with Gasteiger partial charge in [-0.25, -0.2) is 18.4 Å². The van der Waals surface area contributed by atoms with Gasteiger partial charge in [-0.2, -0.15) is 5.10 Å². The zero-order chi connectivity index (χ0) is 23.7. The van der Waals surface area contributed by atoms with E-state index < -0.39 is 10.0 Å². The van der Waals surface area contributed by atoms with E-state index in [1.165, 1.54) is 31.4 Å². The van der Waals surface area contributed by atoms with Crippen molar-refractivity contribution in [3.8, 4) is 11.3 Å². The van der Waals surface area contributed by atoms with Crippen LogP contribution in [0.5, 0.6) is 0 Å². The monoisotopic (exact) mass is 496 g/mol. The second-order valence-corrected chi connectivity index (χ2v) is 10.6. The smallest absolute Gasteiger partial charge is 0.264 e. The van der Waals surface area contributed by atoms with Gasteiger partial charge in [0.15, 0.2) is 5.82 Å². The number of rotatable bonds is 6. The van der Waals surface area contributed by atoms with Gasteiger partial charge in [-0.1, -0.05) is 49.1 Å². The average molecular weight is 497 g/mol. The molecule has 10 heteroatoms. The molecule has 0 radical (unpaired) electrons. The van der Waals surface area contributed by atoms with Crippen molar-refractivity contribution in [3.63, 3.8) is 0 Å². The molecule has 1 aliphatic carbocycles. The summed E-state index contributed by atoms with van der Waals surface area (Å²) in [7, 11) is -2.10. The second-order valence-electron chi connectivity index (χ2n) is 8.52. The van der Waals surface area contributed by atoms with Gasteiger partial charge in [0.25, 0.3) is 10.0 Å². The van der Waals surface area contributed by atoms with Crippen LogP contribution in [-0.4, -0.2) is 34.2 Å². The summed E-state index contributed by atoms with van der Waals surface area (Å²) in [5.41, 5.74) is 2.48. The molecule has 4 aromatic rings. The minimum Gasteiger partial charge on any atom is -0.351 e. The highest BCUT2D eigenvalue weighted by Crippen LogP contribution is 2.28. The minimum atomic E-state index is -3.87. The zero-order valence-electron chi connectivity index (χ0n) is 18.7. The first-order chi connectivity index (χ1) is 16.4. The third-order valence-electron chi connectivity index (χ3n) is 6.06. The fourth-order valence-corrected chi connectivity index (χ4v) is 5.84. The molecule has 0 unspecified atom stereocenters. The highest BCUT2D eigenvalue weighted by atomic mass is 35.5. The Bertz CT molecular complexity index is 1450. The number of aromatic nitrogens is 4. The number of aryl methyl sites for hydroxylation is 1. The van der Waals surface area contributed by atoms with Crippen LogP contribution in [0.15, 0.2) is 59.6 Å². The summed E-state index contributed by atoms with van der Waals surface area (Å²) in [6, 6.07) is 14.3. The Balaban J connectivity index is 1.38. The van der Waals surface area contributed by atoms with Crippen LogP contribution >= 0.6 is 11.6 Å². The number of benzene rings is 2. The summed E-state index contributed by atoms with van der Waals surface area (Å²) in [5, 5.41) is 8.83. The lowest BCUT2D eigenvalue weighted by Crippen LogP contribution is -2.23. The maximum atomic E-state index is 12.8. The van der Waals surface area contributed by atoms with E-state index in [9.17, 15) is 8.42 Å². The van der Waals surface area contributed by atoms with Crippen molar-refractivity contribution in [1.29, 1.82) is 0 Å². The van der Waals surface area contributed by atoms with Gasteiger partial charge in [0, 0.05) is 36.3 Å². The Morgan fingerprint density at radius 2 is 1.85 bits per heavy atom. The summed E-state index contributed by atoms with van der Waals surface area (Å²) >= 11 is 6.07. The minimum absolute atomic E-state index is 0.00404. The highest BCUT2D eigenvalue weighted by Gasteiger charge is 2.20. The summed E-state index contributed by atoms with van der Waals surface area (Å²) in [6.45, 7) is 0. The van der Waals surface area contributed by atoms with E-state index >= 15 is 0 Å². The van der Waals surface area contributed by atoms with Gasteiger partial charge < -0.3 is 5.32 Å². The zero-order valence-corrected chi connectivity index (χ0v) is 20.3.